The smallest absolute Gasteiger partial charge is 0.256 e. The van der Waals surface area contributed by atoms with Crippen molar-refractivity contribution in [3.8, 4) is 23.0 Å². The van der Waals surface area contributed by atoms with E-state index >= 15 is 0 Å². The maximum Gasteiger partial charge on any atom is 0.256 e. The molecule has 5 rings (SSSR count). The van der Waals surface area contributed by atoms with Crippen molar-refractivity contribution in [2.45, 2.75) is 45.8 Å². The van der Waals surface area contributed by atoms with Crippen LogP contribution >= 0.6 is 0 Å². The molecule has 0 aliphatic carbocycles. The van der Waals surface area contributed by atoms with E-state index in [0.29, 0.717) is 41.0 Å². The molecule has 4 aromatic rings. The quantitative estimate of drug-likeness (QED) is 0.428. The van der Waals surface area contributed by atoms with Crippen molar-refractivity contribution in [2.24, 2.45) is 0 Å². The summed E-state index contributed by atoms with van der Waals surface area (Å²) in [6.45, 7) is 6.41. The van der Waals surface area contributed by atoms with E-state index in [0.717, 1.165) is 18.4 Å². The predicted molar refractivity (Wildman–Crippen MR) is 122 cm³/mol. The molecule has 34 heavy (non-hydrogen) atoms. The first kappa shape index (κ1) is 21.7. The fourth-order valence-corrected chi connectivity index (χ4v) is 4.12. The largest absolute Gasteiger partial charge is 0.474 e. The third-order valence-corrected chi connectivity index (χ3v) is 5.62. The lowest BCUT2D eigenvalue weighted by Crippen LogP contribution is -2.31. The lowest BCUT2D eigenvalue weighted by atomic mass is 10.1. The number of aryl methyl sites for hydroxylation is 1. The highest BCUT2D eigenvalue weighted by Crippen LogP contribution is 2.35. The molecule has 1 amide bonds. The highest BCUT2D eigenvalue weighted by Gasteiger charge is 2.36. The van der Waals surface area contributed by atoms with Crippen LogP contribution < -0.4 is 4.74 Å². The van der Waals surface area contributed by atoms with Crippen molar-refractivity contribution in [3.05, 3.63) is 65.9 Å². The number of benzene rings is 1. The number of likely N-dealkylation sites (tertiary alicyclic amines) is 1. The molecule has 1 fully saturated rings. The molecule has 3 aromatic heterocycles. The van der Waals surface area contributed by atoms with Crippen LogP contribution in [0.1, 0.15) is 54.5 Å². The number of amides is 1. The summed E-state index contributed by atoms with van der Waals surface area (Å²) in [6, 6.07) is 8.97. The average molecular weight is 460 g/mol. The van der Waals surface area contributed by atoms with Gasteiger partial charge in [-0.2, -0.15) is 20.0 Å². The van der Waals surface area contributed by atoms with Crippen LogP contribution in [-0.2, 0) is 0 Å². The molecule has 1 unspecified atom stereocenters. The third-order valence-electron chi connectivity index (χ3n) is 5.62. The van der Waals surface area contributed by atoms with E-state index in [1.54, 1.807) is 29.6 Å². The Hall–Kier alpha value is -4.08. The Morgan fingerprint density at radius 1 is 1.18 bits per heavy atom. The molecule has 0 bridgehead atoms. The van der Waals surface area contributed by atoms with Crippen LogP contribution in [0.3, 0.4) is 0 Å². The van der Waals surface area contributed by atoms with Crippen molar-refractivity contribution in [3.63, 3.8) is 0 Å². The number of rotatable bonds is 6. The normalized spacial score (nSPS) is 15.8. The second-order valence-electron chi connectivity index (χ2n) is 8.47. The number of hydrogen-bond acceptors (Lipinski definition) is 8. The van der Waals surface area contributed by atoms with Gasteiger partial charge in [0.25, 0.3) is 5.91 Å². The van der Waals surface area contributed by atoms with Gasteiger partial charge in [-0.1, -0.05) is 16.8 Å². The van der Waals surface area contributed by atoms with E-state index in [4.69, 9.17) is 9.26 Å². The summed E-state index contributed by atoms with van der Waals surface area (Å²) in [5, 5.41) is 12.6. The van der Waals surface area contributed by atoms with Crippen LogP contribution in [0.15, 0.2) is 53.4 Å². The number of pyridine rings is 1. The molecular formula is C24H25N7O3. The molecule has 1 aliphatic heterocycles. The summed E-state index contributed by atoms with van der Waals surface area (Å²) in [7, 11) is 0. The zero-order valence-corrected chi connectivity index (χ0v) is 19.3. The van der Waals surface area contributed by atoms with Crippen molar-refractivity contribution in [1.29, 1.82) is 0 Å². The summed E-state index contributed by atoms with van der Waals surface area (Å²) in [6.07, 6.45) is 6.36. The van der Waals surface area contributed by atoms with Crippen molar-refractivity contribution in [1.82, 2.24) is 35.0 Å². The van der Waals surface area contributed by atoms with Gasteiger partial charge in [-0.25, -0.2) is 4.98 Å². The van der Waals surface area contributed by atoms with Crippen LogP contribution in [0, 0.1) is 6.92 Å². The highest BCUT2D eigenvalue weighted by molar-refractivity contribution is 5.98. The van der Waals surface area contributed by atoms with E-state index in [-0.39, 0.29) is 18.1 Å². The van der Waals surface area contributed by atoms with Crippen LogP contribution in [-0.4, -0.2) is 53.6 Å². The Morgan fingerprint density at radius 2 is 2.00 bits per heavy atom. The van der Waals surface area contributed by atoms with Gasteiger partial charge in [0.2, 0.25) is 17.6 Å². The number of ether oxygens (including phenoxy) is 1. The second-order valence-corrected chi connectivity index (χ2v) is 8.47. The molecule has 0 saturated carbocycles. The lowest BCUT2D eigenvalue weighted by molar-refractivity contribution is 0.0709. The lowest BCUT2D eigenvalue weighted by Gasteiger charge is -2.23. The van der Waals surface area contributed by atoms with Gasteiger partial charge in [0.05, 0.1) is 35.3 Å². The Kier molecular flexibility index (Phi) is 5.79. The van der Waals surface area contributed by atoms with E-state index in [2.05, 4.69) is 25.3 Å². The van der Waals surface area contributed by atoms with E-state index in [1.807, 2.05) is 45.0 Å². The predicted octanol–water partition coefficient (Wildman–Crippen LogP) is 3.79. The first-order valence-corrected chi connectivity index (χ1v) is 11.2. The minimum absolute atomic E-state index is 0.0456. The fourth-order valence-electron chi connectivity index (χ4n) is 4.12. The topological polar surface area (TPSA) is 112 Å². The Labute approximate surface area is 196 Å². The van der Waals surface area contributed by atoms with E-state index in [1.165, 1.54) is 4.80 Å². The van der Waals surface area contributed by atoms with Crippen LogP contribution in [0.4, 0.5) is 0 Å². The zero-order chi connectivity index (χ0) is 23.7. The molecule has 1 aliphatic rings. The number of nitrogens with zero attached hydrogens (tertiary/aromatic N) is 7. The summed E-state index contributed by atoms with van der Waals surface area (Å²) < 4.78 is 11.4. The minimum Gasteiger partial charge on any atom is -0.474 e. The molecule has 0 N–H and O–H groups in total. The average Bonchev–Trinajstić information content (AvgIpc) is 3.60. The van der Waals surface area contributed by atoms with Crippen molar-refractivity contribution >= 4 is 5.91 Å². The molecule has 10 heteroatoms. The second kappa shape index (κ2) is 9.05. The van der Waals surface area contributed by atoms with Crippen molar-refractivity contribution < 1.29 is 14.1 Å². The number of hydrogen-bond donors (Lipinski definition) is 0. The molecule has 1 saturated heterocycles. The van der Waals surface area contributed by atoms with Gasteiger partial charge in [0.15, 0.2) is 0 Å². The number of carbonyl (C=O) groups excluding carboxylic acids is 1. The Bertz CT molecular complexity index is 1300. The summed E-state index contributed by atoms with van der Waals surface area (Å²) in [5.41, 5.74) is 2.78. The van der Waals surface area contributed by atoms with Gasteiger partial charge in [-0.15, -0.1) is 0 Å². The van der Waals surface area contributed by atoms with E-state index < -0.39 is 0 Å². The number of aromatic nitrogens is 6. The van der Waals surface area contributed by atoms with Crippen LogP contribution in [0.2, 0.25) is 0 Å². The highest BCUT2D eigenvalue weighted by atomic mass is 16.5. The first-order valence-electron chi connectivity index (χ1n) is 11.2. The van der Waals surface area contributed by atoms with Crippen molar-refractivity contribution in [2.75, 3.05) is 6.54 Å². The van der Waals surface area contributed by atoms with Gasteiger partial charge in [0, 0.05) is 12.7 Å². The minimum atomic E-state index is -0.321. The Morgan fingerprint density at radius 3 is 2.79 bits per heavy atom. The molecule has 1 atom stereocenters. The maximum absolute atomic E-state index is 13.7. The van der Waals surface area contributed by atoms with Gasteiger partial charge in [-0.05, 0) is 57.9 Å². The molecule has 4 heterocycles. The molecular weight excluding hydrogens is 434 g/mol. The molecule has 1 aromatic carbocycles. The molecule has 0 radical (unpaired) electrons. The van der Waals surface area contributed by atoms with Crippen LogP contribution in [0.5, 0.6) is 5.88 Å². The number of carbonyl (C=O) groups is 1. The standard InChI is InChI=1S/C24H25N7O3/c1-15(2)33-22-17(6-4-10-25-22)21-28-23(34-29-21)20-7-5-13-30(20)24(32)18-14-16(3)8-9-19(18)31-26-11-12-27-31/h4,6,8-12,14-15,20H,5,7,13H2,1-3H3. The third kappa shape index (κ3) is 4.14. The molecule has 0 spiro atoms. The van der Waals surface area contributed by atoms with E-state index in [9.17, 15) is 4.79 Å². The maximum atomic E-state index is 13.7. The molecule has 10 nitrogen and oxygen atoms in total. The van der Waals surface area contributed by atoms with Gasteiger partial charge >= 0.3 is 0 Å². The first-order chi connectivity index (χ1) is 16.5. The van der Waals surface area contributed by atoms with Crippen LogP contribution in [0.25, 0.3) is 17.1 Å². The monoisotopic (exact) mass is 459 g/mol. The Balaban J connectivity index is 1.45. The van der Waals surface area contributed by atoms with Gasteiger partial charge < -0.3 is 14.2 Å². The zero-order valence-electron chi connectivity index (χ0n) is 19.3. The summed E-state index contributed by atoms with van der Waals surface area (Å²) in [4.78, 5) is 25.9. The van der Waals surface area contributed by atoms with Gasteiger partial charge in [0.1, 0.15) is 6.04 Å². The van der Waals surface area contributed by atoms with Gasteiger partial charge in [-0.3, -0.25) is 4.79 Å². The molecule has 174 valence electrons. The summed E-state index contributed by atoms with van der Waals surface area (Å²) >= 11 is 0. The fraction of sp³-hybridized carbons (Fsp3) is 0.333. The summed E-state index contributed by atoms with van der Waals surface area (Å²) in [5.74, 6) is 1.10. The SMILES string of the molecule is Cc1ccc(-n2nccn2)c(C(=O)N2CCCC2c2nc(-c3cccnc3OC(C)C)no2)c1.